The molecule has 1 N–H and O–H groups in total. The van der Waals surface area contributed by atoms with Crippen LogP contribution in [0.25, 0.3) is 0 Å². The third kappa shape index (κ3) is 6.09. The highest BCUT2D eigenvalue weighted by molar-refractivity contribution is 9.10. The fourth-order valence-corrected chi connectivity index (χ4v) is 3.02. The summed E-state index contributed by atoms with van der Waals surface area (Å²) in [4.78, 5) is 2.53. The molecule has 0 spiro atoms. The van der Waals surface area contributed by atoms with E-state index in [0.717, 1.165) is 42.1 Å². The average Bonchev–Trinajstić information content (AvgIpc) is 2.40. The average molecular weight is 417 g/mol. The molecule has 0 saturated carbocycles. The van der Waals surface area contributed by atoms with E-state index in [1.54, 1.807) is 0 Å². The van der Waals surface area contributed by atoms with Crippen molar-refractivity contribution in [3.63, 3.8) is 0 Å². The number of hydrogen-bond donors (Lipinski definition) is 1. The van der Waals surface area contributed by atoms with Crippen molar-refractivity contribution in [2.24, 2.45) is 0 Å². The van der Waals surface area contributed by atoms with Crippen molar-refractivity contribution in [2.45, 2.75) is 19.4 Å². The first-order valence-corrected chi connectivity index (χ1v) is 7.79. The lowest BCUT2D eigenvalue weighted by Crippen LogP contribution is -2.45. The largest absolute Gasteiger partial charge is 0.314 e. The summed E-state index contributed by atoms with van der Waals surface area (Å²) in [7, 11) is 0. The quantitative estimate of drug-likeness (QED) is 0.705. The Bertz CT molecular complexity index is 462. The zero-order valence-electron chi connectivity index (χ0n) is 12.1. The topological polar surface area (TPSA) is 15.3 Å². The minimum absolute atomic E-state index is 0. The number of nitrogens with one attached hydrogen (secondary N) is 1. The smallest absolute Gasteiger partial charge is 0.0548 e. The molecule has 120 valence electrons. The Morgan fingerprint density at radius 3 is 2.52 bits per heavy atom. The normalized spacial score (nSPS) is 16.5. The van der Waals surface area contributed by atoms with Gasteiger partial charge in [-0.3, -0.25) is 4.90 Å². The van der Waals surface area contributed by atoms with Crippen molar-refractivity contribution in [3.8, 4) is 0 Å². The summed E-state index contributed by atoms with van der Waals surface area (Å²) in [6, 6.07) is 6.63. The predicted molar refractivity (Wildman–Crippen MR) is 100 cm³/mol. The predicted octanol–water partition coefficient (Wildman–Crippen LogP) is 4.86. The summed E-state index contributed by atoms with van der Waals surface area (Å²) in [6.45, 7) is 10.4. The molecule has 1 aromatic carbocycles. The van der Waals surface area contributed by atoms with Crippen molar-refractivity contribution in [1.29, 1.82) is 0 Å². The van der Waals surface area contributed by atoms with Gasteiger partial charge in [0.2, 0.25) is 0 Å². The fourth-order valence-electron chi connectivity index (χ4n) is 2.50. The first-order valence-electron chi connectivity index (χ1n) is 6.62. The van der Waals surface area contributed by atoms with Gasteiger partial charge in [-0.15, -0.1) is 31.4 Å². The van der Waals surface area contributed by atoms with Gasteiger partial charge < -0.3 is 5.32 Å². The highest BCUT2D eigenvalue weighted by Crippen LogP contribution is 2.32. The molecule has 1 aliphatic heterocycles. The van der Waals surface area contributed by atoms with Crippen LogP contribution in [-0.4, -0.2) is 31.1 Å². The van der Waals surface area contributed by atoms with E-state index in [1.807, 2.05) is 6.07 Å². The summed E-state index contributed by atoms with van der Waals surface area (Å²) in [5.41, 5.74) is 2.52. The molecular weight excluding hydrogens is 394 g/mol. The second-order valence-corrected chi connectivity index (χ2v) is 6.40. The molecule has 1 aromatic rings. The van der Waals surface area contributed by atoms with Gasteiger partial charge in [0.25, 0.3) is 0 Å². The van der Waals surface area contributed by atoms with Crippen LogP contribution >= 0.6 is 52.3 Å². The number of nitrogens with zero attached hydrogens (tertiary/aromatic N) is 1. The maximum absolute atomic E-state index is 6.09. The van der Waals surface area contributed by atoms with Gasteiger partial charge in [-0.05, 0) is 47.0 Å². The van der Waals surface area contributed by atoms with Crippen LogP contribution in [0.15, 0.2) is 34.8 Å². The molecule has 6 heteroatoms. The Labute approximate surface area is 153 Å². The van der Waals surface area contributed by atoms with E-state index < -0.39 is 0 Å². The van der Waals surface area contributed by atoms with Gasteiger partial charge in [-0.1, -0.05) is 23.2 Å². The monoisotopic (exact) mass is 414 g/mol. The lowest BCUT2D eigenvalue weighted by atomic mass is 9.98. The van der Waals surface area contributed by atoms with Gasteiger partial charge in [0.1, 0.15) is 0 Å². The molecule has 0 amide bonds. The maximum atomic E-state index is 6.09. The zero-order chi connectivity index (χ0) is 13.8. The summed E-state index contributed by atoms with van der Waals surface area (Å²) < 4.78 is 0.966. The van der Waals surface area contributed by atoms with Crippen molar-refractivity contribution in [2.75, 3.05) is 26.2 Å². The van der Waals surface area contributed by atoms with Gasteiger partial charge in [-0.25, -0.2) is 0 Å². The molecule has 1 fully saturated rings. The molecule has 0 unspecified atom stereocenters. The molecule has 1 heterocycles. The summed E-state index contributed by atoms with van der Waals surface area (Å²) in [5, 5.41) is 4.16. The van der Waals surface area contributed by atoms with Crippen molar-refractivity contribution in [3.05, 3.63) is 45.4 Å². The zero-order valence-corrected chi connectivity index (χ0v) is 16.0. The van der Waals surface area contributed by atoms with Crippen molar-refractivity contribution in [1.82, 2.24) is 10.2 Å². The minimum atomic E-state index is 0. The number of piperazine rings is 1. The second-order valence-electron chi connectivity index (χ2n) is 5.14. The van der Waals surface area contributed by atoms with E-state index in [1.165, 1.54) is 11.1 Å². The van der Waals surface area contributed by atoms with Gasteiger partial charge >= 0.3 is 0 Å². The molecule has 1 atom stereocenters. The van der Waals surface area contributed by atoms with Gasteiger partial charge in [-0.2, -0.15) is 0 Å². The van der Waals surface area contributed by atoms with E-state index in [2.05, 4.69) is 51.8 Å². The van der Waals surface area contributed by atoms with E-state index in [-0.39, 0.29) is 24.8 Å². The van der Waals surface area contributed by atoms with Crippen LogP contribution in [0, 0.1) is 0 Å². The minimum Gasteiger partial charge on any atom is -0.314 e. The van der Waals surface area contributed by atoms with Gasteiger partial charge in [0, 0.05) is 36.7 Å². The third-order valence-corrected chi connectivity index (χ3v) is 4.68. The summed E-state index contributed by atoms with van der Waals surface area (Å²) >= 11 is 9.61. The fraction of sp³-hybridized carbons (Fsp3) is 0.467. The molecule has 0 radical (unpaired) electrons. The van der Waals surface area contributed by atoms with Crippen molar-refractivity contribution < 1.29 is 0 Å². The van der Waals surface area contributed by atoms with Crippen LogP contribution in [-0.2, 0) is 0 Å². The highest BCUT2D eigenvalue weighted by atomic mass is 79.9. The van der Waals surface area contributed by atoms with E-state index in [0.29, 0.717) is 6.04 Å². The van der Waals surface area contributed by atoms with Crippen LogP contribution < -0.4 is 5.32 Å². The molecule has 0 aromatic heterocycles. The number of benzene rings is 1. The van der Waals surface area contributed by atoms with Gasteiger partial charge in [0.05, 0.1) is 5.02 Å². The van der Waals surface area contributed by atoms with Crippen LogP contribution in [0.4, 0.5) is 0 Å². The lowest BCUT2D eigenvalue weighted by Gasteiger charge is -2.35. The molecular formula is C15H22BrCl3N2. The first kappa shape index (κ1) is 21.2. The highest BCUT2D eigenvalue weighted by Gasteiger charge is 2.22. The molecule has 2 rings (SSSR count). The van der Waals surface area contributed by atoms with Gasteiger partial charge in [0.15, 0.2) is 0 Å². The third-order valence-electron chi connectivity index (χ3n) is 3.46. The number of hydrogen-bond acceptors (Lipinski definition) is 2. The molecule has 2 nitrogen and oxygen atoms in total. The molecule has 0 aliphatic carbocycles. The Balaban J connectivity index is 0.00000200. The molecule has 21 heavy (non-hydrogen) atoms. The van der Waals surface area contributed by atoms with Crippen LogP contribution in [0.3, 0.4) is 0 Å². The maximum Gasteiger partial charge on any atom is 0.0548 e. The molecule has 0 bridgehead atoms. The van der Waals surface area contributed by atoms with Crippen LogP contribution in [0.5, 0.6) is 0 Å². The second kappa shape index (κ2) is 10.1. The summed E-state index contributed by atoms with van der Waals surface area (Å²) in [6.07, 6.45) is 0.994. The number of rotatable bonds is 4. The van der Waals surface area contributed by atoms with Crippen LogP contribution in [0.1, 0.15) is 24.9 Å². The molecule has 1 saturated heterocycles. The van der Waals surface area contributed by atoms with Crippen LogP contribution in [0.2, 0.25) is 5.02 Å². The standard InChI is InChI=1S/C15H20BrClN2.2ClH/c1-11(2)9-15(19-7-5-18-6-8-19)12-3-4-14(17)13(16)10-12;;/h3-4,10,15,18H,1,5-9H2,2H3;2*1H/t15-;;/m0../s1. The Kier molecular flexibility index (Phi) is 10.2. The van der Waals surface area contributed by atoms with E-state index in [4.69, 9.17) is 11.6 Å². The molecule has 1 aliphatic rings. The SMILES string of the molecule is C=C(C)C[C@@H](c1ccc(Cl)c(Br)c1)N1CCNCC1.Cl.Cl. The van der Waals surface area contributed by atoms with Crippen molar-refractivity contribution >= 4 is 52.3 Å². The lowest BCUT2D eigenvalue weighted by molar-refractivity contribution is 0.172. The summed E-state index contributed by atoms with van der Waals surface area (Å²) in [5.74, 6) is 0. The van der Waals surface area contributed by atoms with E-state index >= 15 is 0 Å². The Hall–Kier alpha value is 0.230. The number of halogens is 4. The first-order chi connectivity index (χ1) is 9.08. The Morgan fingerprint density at radius 2 is 2.00 bits per heavy atom. The Morgan fingerprint density at radius 1 is 1.38 bits per heavy atom. The van der Waals surface area contributed by atoms with E-state index in [9.17, 15) is 0 Å².